The lowest BCUT2D eigenvalue weighted by atomic mass is 10.1. The monoisotopic (exact) mass is 402 g/mol. The Morgan fingerprint density at radius 2 is 1.79 bits per heavy atom. The van der Waals surface area contributed by atoms with Gasteiger partial charge in [0.15, 0.2) is 17.3 Å². The highest BCUT2D eigenvalue weighted by atomic mass is 16.5. The molecule has 1 aliphatic rings. The van der Waals surface area contributed by atoms with Gasteiger partial charge >= 0.3 is 0 Å². The number of hydrogen-bond acceptors (Lipinski definition) is 8. The average Bonchev–Trinajstić information content (AvgIpc) is 3.20. The number of amides is 1. The summed E-state index contributed by atoms with van der Waals surface area (Å²) in [5.41, 5.74) is 0.467. The molecule has 2 aromatic rings. The van der Waals surface area contributed by atoms with E-state index in [0.29, 0.717) is 54.0 Å². The molecule has 0 N–H and O–H groups in total. The van der Waals surface area contributed by atoms with Crippen molar-refractivity contribution >= 4 is 11.7 Å². The number of benzene rings is 1. The highest BCUT2D eigenvalue weighted by molar-refractivity contribution is 5.95. The molecule has 1 fully saturated rings. The van der Waals surface area contributed by atoms with Crippen LogP contribution in [0.2, 0.25) is 0 Å². The summed E-state index contributed by atoms with van der Waals surface area (Å²) in [6.07, 6.45) is 3.82. The summed E-state index contributed by atoms with van der Waals surface area (Å²) in [6.45, 7) is 1.05. The normalized spacial score (nSPS) is 15.8. The molecule has 29 heavy (non-hydrogen) atoms. The molecule has 0 aliphatic carbocycles. The van der Waals surface area contributed by atoms with E-state index in [0.717, 1.165) is 0 Å². The summed E-state index contributed by atoms with van der Waals surface area (Å²) in [4.78, 5) is 25.2. The molecule has 156 valence electrons. The Morgan fingerprint density at radius 3 is 2.38 bits per heavy atom. The van der Waals surface area contributed by atoms with E-state index < -0.39 is 0 Å². The van der Waals surface area contributed by atoms with Gasteiger partial charge in [0.1, 0.15) is 6.10 Å². The molecule has 9 nitrogen and oxygen atoms in total. The summed E-state index contributed by atoms with van der Waals surface area (Å²) in [5.74, 6) is 2.38. The fourth-order valence-corrected chi connectivity index (χ4v) is 3.18. The summed E-state index contributed by atoms with van der Waals surface area (Å²) in [6, 6.07) is 3.31. The highest BCUT2D eigenvalue weighted by Crippen LogP contribution is 2.38. The molecule has 1 aromatic carbocycles. The first-order valence-electron chi connectivity index (χ1n) is 9.22. The lowest BCUT2D eigenvalue weighted by Gasteiger charge is -2.19. The maximum atomic E-state index is 13.0. The number of methoxy groups -OCH3 is 3. The fraction of sp³-hybridized carbons (Fsp3) is 0.450. The van der Waals surface area contributed by atoms with Crippen molar-refractivity contribution in [2.45, 2.75) is 12.5 Å². The van der Waals surface area contributed by atoms with Crippen molar-refractivity contribution in [3.05, 3.63) is 30.1 Å². The topological polar surface area (TPSA) is 86.2 Å². The van der Waals surface area contributed by atoms with Crippen molar-refractivity contribution in [2.24, 2.45) is 0 Å². The fourth-order valence-electron chi connectivity index (χ4n) is 3.18. The number of anilines is 1. The Morgan fingerprint density at radius 1 is 1.10 bits per heavy atom. The van der Waals surface area contributed by atoms with Crippen LogP contribution in [0.1, 0.15) is 16.8 Å². The second kappa shape index (κ2) is 8.85. The third-order valence-electron chi connectivity index (χ3n) is 4.69. The molecule has 1 atom stereocenters. The number of nitrogens with zero attached hydrogens (tertiary/aromatic N) is 4. The van der Waals surface area contributed by atoms with Gasteiger partial charge < -0.3 is 28.7 Å². The molecule has 1 amide bonds. The van der Waals surface area contributed by atoms with Crippen molar-refractivity contribution in [3.63, 3.8) is 0 Å². The van der Waals surface area contributed by atoms with Crippen LogP contribution in [-0.4, -0.2) is 75.4 Å². The molecule has 3 rings (SSSR count). The van der Waals surface area contributed by atoms with Crippen LogP contribution in [0.25, 0.3) is 0 Å². The zero-order valence-electron chi connectivity index (χ0n) is 17.3. The van der Waals surface area contributed by atoms with Crippen LogP contribution >= 0.6 is 0 Å². The van der Waals surface area contributed by atoms with Crippen molar-refractivity contribution in [3.8, 4) is 23.1 Å². The molecule has 2 heterocycles. The van der Waals surface area contributed by atoms with Gasteiger partial charge in [-0.1, -0.05) is 0 Å². The average molecular weight is 402 g/mol. The second-order valence-corrected chi connectivity index (χ2v) is 6.80. The number of rotatable bonds is 7. The first kappa shape index (κ1) is 20.5. The van der Waals surface area contributed by atoms with Gasteiger partial charge in [-0.05, 0) is 12.1 Å². The molecule has 9 heteroatoms. The minimum absolute atomic E-state index is 0.122. The second-order valence-electron chi connectivity index (χ2n) is 6.80. The number of likely N-dealkylation sites (tertiary alicyclic amines) is 1. The summed E-state index contributed by atoms with van der Waals surface area (Å²) < 4.78 is 21.9. The van der Waals surface area contributed by atoms with Crippen LogP contribution < -0.4 is 23.8 Å². The quantitative estimate of drug-likeness (QED) is 0.694. The Balaban J connectivity index is 1.71. The lowest BCUT2D eigenvalue weighted by Crippen LogP contribution is -2.31. The van der Waals surface area contributed by atoms with Gasteiger partial charge in [0, 0.05) is 32.6 Å². The third-order valence-corrected chi connectivity index (χ3v) is 4.69. The molecule has 1 aliphatic heterocycles. The number of aromatic nitrogens is 2. The van der Waals surface area contributed by atoms with Gasteiger partial charge in [-0.25, -0.2) is 0 Å². The van der Waals surface area contributed by atoms with Gasteiger partial charge in [-0.2, -0.15) is 4.98 Å². The molecule has 1 unspecified atom stereocenters. The van der Waals surface area contributed by atoms with Crippen molar-refractivity contribution in [1.82, 2.24) is 14.9 Å². The Labute approximate surface area is 170 Å². The zero-order chi connectivity index (χ0) is 21.0. The van der Waals surface area contributed by atoms with E-state index in [1.54, 1.807) is 29.4 Å². The minimum Gasteiger partial charge on any atom is -0.493 e. The predicted octanol–water partition coefficient (Wildman–Crippen LogP) is 1.86. The molecule has 0 spiro atoms. The molecule has 1 aromatic heterocycles. The van der Waals surface area contributed by atoms with E-state index in [-0.39, 0.29) is 12.0 Å². The van der Waals surface area contributed by atoms with E-state index in [9.17, 15) is 4.79 Å². The largest absolute Gasteiger partial charge is 0.493 e. The zero-order valence-corrected chi connectivity index (χ0v) is 17.3. The van der Waals surface area contributed by atoms with Gasteiger partial charge in [-0.15, -0.1) is 0 Å². The number of ether oxygens (including phenoxy) is 4. The smallest absolute Gasteiger partial charge is 0.254 e. The van der Waals surface area contributed by atoms with E-state index in [1.165, 1.54) is 21.3 Å². The van der Waals surface area contributed by atoms with Crippen LogP contribution in [0.3, 0.4) is 0 Å². The number of carbonyl (C=O) groups is 1. The molecule has 0 radical (unpaired) electrons. The van der Waals surface area contributed by atoms with Crippen LogP contribution in [0.4, 0.5) is 5.82 Å². The molecular formula is C20H26N4O5. The maximum absolute atomic E-state index is 13.0. The molecule has 0 saturated carbocycles. The highest BCUT2D eigenvalue weighted by Gasteiger charge is 2.30. The Bertz CT molecular complexity index is 849. The van der Waals surface area contributed by atoms with Crippen LogP contribution in [0.5, 0.6) is 23.1 Å². The van der Waals surface area contributed by atoms with E-state index >= 15 is 0 Å². The van der Waals surface area contributed by atoms with Crippen molar-refractivity contribution < 1.29 is 23.7 Å². The van der Waals surface area contributed by atoms with Crippen LogP contribution in [0, 0.1) is 0 Å². The first-order chi connectivity index (χ1) is 14.0. The molecular weight excluding hydrogens is 376 g/mol. The number of carbonyl (C=O) groups excluding carboxylic acids is 1. The van der Waals surface area contributed by atoms with Gasteiger partial charge in [-0.3, -0.25) is 9.78 Å². The van der Waals surface area contributed by atoms with E-state index in [2.05, 4.69) is 9.97 Å². The summed E-state index contributed by atoms with van der Waals surface area (Å²) >= 11 is 0. The van der Waals surface area contributed by atoms with Crippen LogP contribution in [0.15, 0.2) is 24.5 Å². The summed E-state index contributed by atoms with van der Waals surface area (Å²) in [5, 5.41) is 0. The van der Waals surface area contributed by atoms with Gasteiger partial charge in [0.25, 0.3) is 5.91 Å². The Hall–Kier alpha value is -3.23. The molecule has 0 bridgehead atoms. The Kier molecular flexibility index (Phi) is 6.26. The predicted molar refractivity (Wildman–Crippen MR) is 107 cm³/mol. The SMILES string of the molecule is COc1cc(C(=O)N2CCC(Oc3cncc(N(C)C)n3)C2)cc(OC)c1OC. The first-order valence-corrected chi connectivity index (χ1v) is 9.22. The maximum Gasteiger partial charge on any atom is 0.254 e. The van der Waals surface area contributed by atoms with E-state index in [4.69, 9.17) is 18.9 Å². The minimum atomic E-state index is -0.146. The molecule has 1 saturated heterocycles. The van der Waals surface area contributed by atoms with Crippen LogP contribution in [-0.2, 0) is 0 Å². The summed E-state index contributed by atoms with van der Waals surface area (Å²) in [7, 11) is 8.35. The number of hydrogen-bond donors (Lipinski definition) is 0. The standard InChI is InChI=1S/C20H26N4O5/c1-23(2)17-10-21-11-18(22-17)29-14-6-7-24(12-14)20(25)13-8-15(26-3)19(28-5)16(9-13)27-4/h8-11,14H,6-7,12H2,1-5H3. The van der Waals surface area contributed by atoms with Gasteiger partial charge in [0.05, 0.1) is 40.3 Å². The van der Waals surface area contributed by atoms with Gasteiger partial charge in [0.2, 0.25) is 11.6 Å². The third kappa shape index (κ3) is 4.44. The van der Waals surface area contributed by atoms with Crippen molar-refractivity contribution in [1.29, 1.82) is 0 Å². The van der Waals surface area contributed by atoms with Crippen molar-refractivity contribution in [2.75, 3.05) is 53.4 Å². The van der Waals surface area contributed by atoms with E-state index in [1.807, 2.05) is 19.0 Å². The lowest BCUT2D eigenvalue weighted by molar-refractivity contribution is 0.0770.